The fourth-order valence-corrected chi connectivity index (χ4v) is 2.32. The van der Waals surface area contributed by atoms with Gasteiger partial charge in [-0.25, -0.2) is 0 Å². The Morgan fingerprint density at radius 2 is 2.19 bits per heavy atom. The summed E-state index contributed by atoms with van der Waals surface area (Å²) in [6, 6.07) is 4.62. The Bertz CT molecular complexity index is 668. The van der Waals surface area contributed by atoms with E-state index in [0.717, 1.165) is 0 Å². The Hall–Kier alpha value is -1.56. The van der Waals surface area contributed by atoms with E-state index in [0.29, 0.717) is 16.1 Å². The first-order valence-corrected chi connectivity index (χ1v) is 7.00. The number of hydrogen-bond acceptors (Lipinski definition) is 3. The van der Waals surface area contributed by atoms with Gasteiger partial charge in [-0.3, -0.25) is 9.48 Å². The largest absolute Gasteiger partial charge is 0.383 e. The molecule has 0 aliphatic rings. The first kappa shape index (κ1) is 15.8. The molecule has 0 bridgehead atoms. The molecule has 0 saturated heterocycles. The van der Waals surface area contributed by atoms with Crippen molar-refractivity contribution in [2.24, 2.45) is 7.05 Å². The minimum absolute atomic E-state index is 0.0382. The summed E-state index contributed by atoms with van der Waals surface area (Å²) in [5.41, 5.74) is -0.293. The van der Waals surface area contributed by atoms with Crippen LogP contribution in [0.2, 0.25) is 10.0 Å². The summed E-state index contributed by atoms with van der Waals surface area (Å²) in [5.74, 6) is -0.374. The Kier molecular flexibility index (Phi) is 4.56. The van der Waals surface area contributed by atoms with Crippen LogP contribution < -0.4 is 5.32 Å². The van der Waals surface area contributed by atoms with Crippen LogP contribution in [0.4, 0.5) is 0 Å². The van der Waals surface area contributed by atoms with Crippen molar-refractivity contribution in [1.82, 2.24) is 15.1 Å². The molecule has 2 N–H and O–H groups in total. The van der Waals surface area contributed by atoms with E-state index in [1.807, 2.05) is 0 Å². The zero-order valence-electron chi connectivity index (χ0n) is 11.6. The molecule has 21 heavy (non-hydrogen) atoms. The molecule has 0 aliphatic heterocycles. The van der Waals surface area contributed by atoms with Crippen molar-refractivity contribution in [1.29, 1.82) is 0 Å². The fraction of sp³-hybridized carbons (Fsp3) is 0.286. The number of carbonyl (C=O) groups is 1. The number of halogens is 2. The predicted molar refractivity (Wildman–Crippen MR) is 81.6 cm³/mol. The first-order chi connectivity index (χ1) is 9.79. The Balaban J connectivity index is 2.06. The van der Waals surface area contributed by atoms with Gasteiger partial charge in [0.1, 0.15) is 5.60 Å². The number of aryl methyl sites for hydroxylation is 1. The van der Waals surface area contributed by atoms with Gasteiger partial charge in [-0.05, 0) is 25.1 Å². The number of nitrogens with zero attached hydrogens (tertiary/aromatic N) is 2. The molecule has 1 amide bonds. The summed E-state index contributed by atoms with van der Waals surface area (Å²) in [5, 5.41) is 17.8. The molecule has 7 heteroatoms. The maximum Gasteiger partial charge on any atom is 0.252 e. The van der Waals surface area contributed by atoms with Gasteiger partial charge < -0.3 is 10.4 Å². The molecule has 0 aliphatic carbocycles. The molecule has 5 nitrogen and oxygen atoms in total. The van der Waals surface area contributed by atoms with Gasteiger partial charge in [0.15, 0.2) is 0 Å². The van der Waals surface area contributed by atoms with E-state index >= 15 is 0 Å². The zero-order chi connectivity index (χ0) is 15.6. The number of amides is 1. The first-order valence-electron chi connectivity index (χ1n) is 6.24. The Morgan fingerprint density at radius 1 is 1.48 bits per heavy atom. The number of benzene rings is 1. The second kappa shape index (κ2) is 6.05. The van der Waals surface area contributed by atoms with Crippen LogP contribution in [-0.4, -0.2) is 27.3 Å². The van der Waals surface area contributed by atoms with Crippen molar-refractivity contribution >= 4 is 29.1 Å². The highest BCUT2D eigenvalue weighted by Gasteiger charge is 2.26. The number of carbonyl (C=O) groups excluding carboxylic acids is 1. The van der Waals surface area contributed by atoms with Gasteiger partial charge in [-0.1, -0.05) is 23.2 Å². The number of aromatic nitrogens is 2. The Morgan fingerprint density at radius 3 is 2.76 bits per heavy atom. The van der Waals surface area contributed by atoms with Crippen LogP contribution >= 0.6 is 23.2 Å². The maximum atomic E-state index is 12.1. The van der Waals surface area contributed by atoms with Crippen molar-refractivity contribution in [2.75, 3.05) is 6.54 Å². The summed E-state index contributed by atoms with van der Waals surface area (Å²) < 4.78 is 1.59. The van der Waals surface area contributed by atoms with Crippen molar-refractivity contribution in [3.05, 3.63) is 51.8 Å². The molecular formula is C14H15Cl2N3O2. The second-order valence-corrected chi connectivity index (χ2v) is 5.83. The molecule has 1 aromatic heterocycles. The third kappa shape index (κ3) is 3.75. The lowest BCUT2D eigenvalue weighted by atomic mass is 9.99. The van der Waals surface area contributed by atoms with Crippen molar-refractivity contribution in [3.63, 3.8) is 0 Å². The predicted octanol–water partition coefficient (Wildman–Crippen LogP) is 2.36. The third-order valence-corrected chi connectivity index (χ3v) is 3.64. The highest BCUT2D eigenvalue weighted by Crippen LogP contribution is 2.22. The number of hydrogen-bond donors (Lipinski definition) is 2. The SMILES string of the molecule is Cn1cc(C(C)(O)CNC(=O)c2ccc(Cl)cc2Cl)cn1. The van der Waals surface area contributed by atoms with Crippen LogP contribution in [0.1, 0.15) is 22.8 Å². The second-order valence-electron chi connectivity index (χ2n) is 4.98. The highest BCUT2D eigenvalue weighted by atomic mass is 35.5. The molecule has 2 aromatic rings. The van der Waals surface area contributed by atoms with E-state index in [1.165, 1.54) is 6.07 Å². The van der Waals surface area contributed by atoms with Gasteiger partial charge in [-0.2, -0.15) is 5.10 Å². The van der Waals surface area contributed by atoms with Crippen LogP contribution in [0.25, 0.3) is 0 Å². The molecule has 0 saturated carbocycles. The summed E-state index contributed by atoms with van der Waals surface area (Å²) in [6.45, 7) is 1.64. The van der Waals surface area contributed by atoms with Gasteiger partial charge in [-0.15, -0.1) is 0 Å². The fourth-order valence-electron chi connectivity index (χ4n) is 1.82. The van der Waals surface area contributed by atoms with Gasteiger partial charge in [0, 0.05) is 23.8 Å². The molecule has 0 fully saturated rings. The van der Waals surface area contributed by atoms with E-state index < -0.39 is 5.60 Å². The number of rotatable bonds is 4. The van der Waals surface area contributed by atoms with E-state index in [1.54, 1.807) is 43.2 Å². The van der Waals surface area contributed by atoms with Crippen LogP contribution in [0, 0.1) is 0 Å². The molecule has 1 aromatic carbocycles. The van der Waals surface area contributed by atoms with E-state index in [-0.39, 0.29) is 17.5 Å². The molecular weight excluding hydrogens is 313 g/mol. The van der Waals surface area contributed by atoms with Gasteiger partial charge >= 0.3 is 0 Å². The van der Waals surface area contributed by atoms with Crippen molar-refractivity contribution in [3.8, 4) is 0 Å². The monoisotopic (exact) mass is 327 g/mol. The van der Waals surface area contributed by atoms with Crippen molar-refractivity contribution in [2.45, 2.75) is 12.5 Å². The molecule has 0 radical (unpaired) electrons. The zero-order valence-corrected chi connectivity index (χ0v) is 13.1. The average Bonchev–Trinajstić information content (AvgIpc) is 2.84. The van der Waals surface area contributed by atoms with Gasteiger partial charge in [0.2, 0.25) is 0 Å². The van der Waals surface area contributed by atoms with Gasteiger partial charge in [0.05, 0.1) is 23.3 Å². The Labute approximate surface area is 132 Å². The minimum Gasteiger partial charge on any atom is -0.383 e. The van der Waals surface area contributed by atoms with E-state index in [9.17, 15) is 9.90 Å². The molecule has 0 spiro atoms. The summed E-state index contributed by atoms with van der Waals surface area (Å²) in [7, 11) is 1.76. The quantitative estimate of drug-likeness (QED) is 0.905. The van der Waals surface area contributed by atoms with Crippen LogP contribution in [0.5, 0.6) is 0 Å². The number of nitrogens with one attached hydrogen (secondary N) is 1. The lowest BCUT2D eigenvalue weighted by molar-refractivity contribution is 0.0526. The molecule has 1 unspecified atom stereocenters. The lowest BCUT2D eigenvalue weighted by Gasteiger charge is -2.22. The third-order valence-electron chi connectivity index (χ3n) is 3.10. The lowest BCUT2D eigenvalue weighted by Crippen LogP contribution is -2.38. The smallest absolute Gasteiger partial charge is 0.252 e. The topological polar surface area (TPSA) is 67.2 Å². The van der Waals surface area contributed by atoms with E-state index in [2.05, 4.69) is 10.4 Å². The normalized spacial score (nSPS) is 13.8. The van der Waals surface area contributed by atoms with E-state index in [4.69, 9.17) is 23.2 Å². The maximum absolute atomic E-state index is 12.1. The highest BCUT2D eigenvalue weighted by molar-refractivity contribution is 6.36. The van der Waals surface area contributed by atoms with Gasteiger partial charge in [0.25, 0.3) is 5.91 Å². The van der Waals surface area contributed by atoms with Crippen molar-refractivity contribution < 1.29 is 9.90 Å². The summed E-state index contributed by atoms with van der Waals surface area (Å²) in [6.07, 6.45) is 3.25. The van der Waals surface area contributed by atoms with Crippen LogP contribution in [-0.2, 0) is 12.6 Å². The standard InChI is InChI=1S/C14H15Cl2N3O2/c1-14(21,9-6-18-19(2)7-9)8-17-13(20)11-4-3-10(15)5-12(11)16/h3-7,21H,8H2,1-2H3,(H,17,20). The molecule has 1 atom stereocenters. The summed E-state index contributed by atoms with van der Waals surface area (Å²) >= 11 is 11.8. The number of aliphatic hydroxyl groups is 1. The van der Waals surface area contributed by atoms with Crippen LogP contribution in [0.15, 0.2) is 30.6 Å². The molecule has 1 heterocycles. The minimum atomic E-state index is -1.22. The average molecular weight is 328 g/mol. The molecule has 2 rings (SSSR count). The summed E-state index contributed by atoms with van der Waals surface area (Å²) in [4.78, 5) is 12.1. The van der Waals surface area contributed by atoms with Crippen LogP contribution in [0.3, 0.4) is 0 Å². The molecule has 112 valence electrons.